The van der Waals surface area contributed by atoms with E-state index >= 15 is 0 Å². The lowest BCUT2D eigenvalue weighted by Gasteiger charge is -2.55. The van der Waals surface area contributed by atoms with E-state index in [4.69, 9.17) is 9.47 Å². The molecule has 0 radical (unpaired) electrons. The molecule has 2 aliphatic heterocycles. The van der Waals surface area contributed by atoms with Gasteiger partial charge in [-0.05, 0) is 57.1 Å². The van der Waals surface area contributed by atoms with E-state index in [2.05, 4.69) is 20.4 Å². The maximum atomic E-state index is 12.6. The predicted octanol–water partition coefficient (Wildman–Crippen LogP) is 3.15. The van der Waals surface area contributed by atoms with Crippen LogP contribution in [0, 0.1) is 16.7 Å². The summed E-state index contributed by atoms with van der Waals surface area (Å²) in [7, 11) is 0. The molecule has 0 aromatic heterocycles. The molecular formula is C20H28O4. The molecule has 2 aliphatic carbocycles. The molecule has 0 bridgehead atoms. The number of hydrogen-bond donors (Lipinski definition) is 1. The molecule has 4 nitrogen and oxygen atoms in total. The van der Waals surface area contributed by atoms with Crippen LogP contribution in [-0.4, -0.2) is 36.0 Å². The lowest BCUT2D eigenvalue weighted by atomic mass is 9.48. The van der Waals surface area contributed by atoms with E-state index < -0.39 is 11.5 Å². The molecule has 1 saturated carbocycles. The fourth-order valence-electron chi connectivity index (χ4n) is 5.78. The van der Waals surface area contributed by atoms with Crippen LogP contribution in [0.3, 0.4) is 0 Å². The maximum absolute atomic E-state index is 12.6. The Balaban J connectivity index is 1.76. The van der Waals surface area contributed by atoms with Crippen LogP contribution >= 0.6 is 0 Å². The molecular weight excluding hydrogens is 304 g/mol. The van der Waals surface area contributed by atoms with Crippen LogP contribution in [0.5, 0.6) is 0 Å². The Morgan fingerprint density at radius 1 is 1.33 bits per heavy atom. The van der Waals surface area contributed by atoms with Gasteiger partial charge >= 0.3 is 5.97 Å². The molecule has 0 spiro atoms. The molecule has 0 aromatic carbocycles. The number of aliphatic hydroxyl groups excluding tert-OH is 1. The maximum Gasteiger partial charge on any atom is 0.313 e. The Bertz CT molecular complexity index is 636. The van der Waals surface area contributed by atoms with Gasteiger partial charge in [0.05, 0.1) is 24.2 Å². The van der Waals surface area contributed by atoms with E-state index in [9.17, 15) is 9.90 Å². The highest BCUT2D eigenvalue weighted by Gasteiger charge is 2.64. The SMILES string of the molecule is C=C(C)[C@H]1O[C@H]2CC[C@@]3(C)C(=C2C[C@H]1O)CC[C@H]1COC(=O)[C@@]13C. The molecule has 6 atom stereocenters. The second kappa shape index (κ2) is 5.18. The first-order valence-corrected chi connectivity index (χ1v) is 9.17. The predicted molar refractivity (Wildman–Crippen MR) is 90.3 cm³/mol. The standard InChI is InChI=1S/C20H28O4/c1-11(2)17-15(21)9-13-14-6-5-12-10-23-18(22)20(12,4)19(14,3)8-7-16(13)24-17/h12,15-17,21H,1,5-10H2,2-4H3/t12-,15+,16-,17+,19-,20+/m0/s1. The Kier molecular flexibility index (Phi) is 3.53. The van der Waals surface area contributed by atoms with Crippen molar-refractivity contribution in [2.45, 2.75) is 71.2 Å². The number of hydrogen-bond acceptors (Lipinski definition) is 4. The number of aliphatic hydroxyl groups is 1. The zero-order valence-corrected chi connectivity index (χ0v) is 14.9. The normalized spacial score (nSPS) is 47.6. The van der Waals surface area contributed by atoms with Gasteiger partial charge in [0, 0.05) is 11.3 Å². The van der Waals surface area contributed by atoms with E-state index in [-0.39, 0.29) is 23.6 Å². The van der Waals surface area contributed by atoms with Crippen molar-refractivity contribution in [1.29, 1.82) is 0 Å². The minimum atomic E-state index is -0.537. The van der Waals surface area contributed by atoms with Crippen LogP contribution in [-0.2, 0) is 14.3 Å². The molecule has 4 aliphatic rings. The summed E-state index contributed by atoms with van der Waals surface area (Å²) in [5.41, 5.74) is 2.88. The average Bonchev–Trinajstić information content (AvgIpc) is 2.83. The van der Waals surface area contributed by atoms with Crippen molar-refractivity contribution < 1.29 is 19.4 Å². The second-order valence-corrected chi connectivity index (χ2v) is 8.57. The van der Waals surface area contributed by atoms with E-state index in [1.807, 2.05) is 6.92 Å². The Labute approximate surface area is 143 Å². The van der Waals surface area contributed by atoms with Gasteiger partial charge in [-0.2, -0.15) is 0 Å². The fraction of sp³-hybridized carbons (Fsp3) is 0.750. The summed E-state index contributed by atoms with van der Waals surface area (Å²) in [5, 5.41) is 10.5. The molecule has 4 rings (SSSR count). The van der Waals surface area contributed by atoms with E-state index in [0.29, 0.717) is 18.9 Å². The highest BCUT2D eigenvalue weighted by Crippen LogP contribution is 2.64. The van der Waals surface area contributed by atoms with Crippen molar-refractivity contribution in [3.05, 3.63) is 23.3 Å². The lowest BCUT2D eigenvalue weighted by molar-refractivity contribution is -0.154. The third-order valence-corrected chi connectivity index (χ3v) is 7.47. The van der Waals surface area contributed by atoms with Crippen LogP contribution in [0.4, 0.5) is 0 Å². The Hall–Kier alpha value is -1.13. The number of cyclic esters (lactones) is 1. The first-order valence-electron chi connectivity index (χ1n) is 9.17. The summed E-state index contributed by atoms with van der Waals surface area (Å²) < 4.78 is 11.7. The fourth-order valence-corrected chi connectivity index (χ4v) is 5.78. The van der Waals surface area contributed by atoms with Crippen molar-refractivity contribution in [3.63, 3.8) is 0 Å². The molecule has 0 unspecified atom stereocenters. The second-order valence-electron chi connectivity index (χ2n) is 8.57. The van der Waals surface area contributed by atoms with Gasteiger partial charge in [0.1, 0.15) is 6.10 Å². The van der Waals surface area contributed by atoms with Crippen LogP contribution in [0.25, 0.3) is 0 Å². The highest BCUT2D eigenvalue weighted by molar-refractivity contribution is 5.81. The first kappa shape index (κ1) is 16.3. The van der Waals surface area contributed by atoms with E-state index in [1.54, 1.807) is 0 Å². The van der Waals surface area contributed by atoms with Crippen molar-refractivity contribution in [3.8, 4) is 0 Å². The smallest absolute Gasteiger partial charge is 0.313 e. The van der Waals surface area contributed by atoms with Gasteiger partial charge in [-0.25, -0.2) is 0 Å². The van der Waals surface area contributed by atoms with Crippen LogP contribution < -0.4 is 0 Å². The molecule has 132 valence electrons. The summed E-state index contributed by atoms with van der Waals surface area (Å²) >= 11 is 0. The summed E-state index contributed by atoms with van der Waals surface area (Å²) in [6, 6.07) is 0. The average molecular weight is 332 g/mol. The zero-order valence-electron chi connectivity index (χ0n) is 14.9. The van der Waals surface area contributed by atoms with Crippen LogP contribution in [0.15, 0.2) is 23.3 Å². The molecule has 1 N–H and O–H groups in total. The van der Waals surface area contributed by atoms with Gasteiger partial charge in [0.2, 0.25) is 0 Å². The first-order chi connectivity index (χ1) is 11.3. The quantitative estimate of drug-likeness (QED) is 0.592. The van der Waals surface area contributed by atoms with Gasteiger partial charge in [0.15, 0.2) is 0 Å². The third kappa shape index (κ3) is 1.90. The minimum absolute atomic E-state index is 0.0386. The third-order valence-electron chi connectivity index (χ3n) is 7.47. The number of carbonyl (C=O) groups is 1. The van der Waals surface area contributed by atoms with Gasteiger partial charge < -0.3 is 14.6 Å². The van der Waals surface area contributed by atoms with Crippen LogP contribution in [0.1, 0.15) is 52.9 Å². The van der Waals surface area contributed by atoms with Gasteiger partial charge in [-0.3, -0.25) is 4.79 Å². The topological polar surface area (TPSA) is 55.8 Å². The van der Waals surface area contributed by atoms with Crippen molar-refractivity contribution in [2.75, 3.05) is 6.61 Å². The van der Waals surface area contributed by atoms with Crippen molar-refractivity contribution >= 4 is 5.97 Å². The lowest BCUT2D eigenvalue weighted by Crippen LogP contribution is -2.54. The molecule has 0 aromatic rings. The minimum Gasteiger partial charge on any atom is -0.465 e. The van der Waals surface area contributed by atoms with Crippen LogP contribution in [0.2, 0.25) is 0 Å². The van der Waals surface area contributed by atoms with E-state index in [0.717, 1.165) is 31.3 Å². The van der Waals surface area contributed by atoms with Crippen molar-refractivity contribution in [1.82, 2.24) is 0 Å². The molecule has 24 heavy (non-hydrogen) atoms. The number of fused-ring (bicyclic) bond motifs is 4. The summed E-state index contributed by atoms with van der Waals surface area (Å²) in [5.74, 6) is 0.275. The number of esters is 1. The summed E-state index contributed by atoms with van der Waals surface area (Å²) in [4.78, 5) is 12.6. The Morgan fingerprint density at radius 3 is 2.79 bits per heavy atom. The number of ether oxygens (including phenoxy) is 2. The van der Waals surface area contributed by atoms with Gasteiger partial charge in [0.25, 0.3) is 0 Å². The molecule has 0 amide bonds. The molecule has 2 saturated heterocycles. The number of allylic oxidation sites excluding steroid dienone is 1. The molecule has 4 heteroatoms. The zero-order chi connectivity index (χ0) is 17.3. The molecule has 3 fully saturated rings. The number of carbonyl (C=O) groups excluding carboxylic acids is 1. The Morgan fingerprint density at radius 2 is 2.08 bits per heavy atom. The summed E-state index contributed by atoms with van der Waals surface area (Å²) in [6.07, 6.45) is 3.73. The largest absolute Gasteiger partial charge is 0.465 e. The van der Waals surface area contributed by atoms with Gasteiger partial charge in [-0.15, -0.1) is 0 Å². The van der Waals surface area contributed by atoms with Gasteiger partial charge in [-0.1, -0.05) is 19.1 Å². The van der Waals surface area contributed by atoms with Crippen molar-refractivity contribution in [2.24, 2.45) is 16.7 Å². The highest BCUT2D eigenvalue weighted by atomic mass is 16.5. The summed E-state index contributed by atoms with van der Waals surface area (Å²) in [6.45, 7) is 10.8. The monoisotopic (exact) mass is 332 g/mol. The number of rotatable bonds is 1. The van der Waals surface area contributed by atoms with E-state index in [1.165, 1.54) is 11.1 Å². The molecule has 2 heterocycles.